The zero-order valence-electron chi connectivity index (χ0n) is 16.4. The van der Waals surface area contributed by atoms with Crippen LogP contribution in [0.1, 0.15) is 54.7 Å². The number of aliphatic hydroxyl groups excluding tert-OH is 1. The molecule has 28 heavy (non-hydrogen) atoms. The summed E-state index contributed by atoms with van der Waals surface area (Å²) >= 11 is 0.961. The maximum atomic E-state index is 12.3. The van der Waals surface area contributed by atoms with Gasteiger partial charge in [-0.15, -0.1) is 0 Å². The number of aromatic nitrogens is 1. The SMILES string of the molecule is CCOC(=O)c1nc(NC(=O)OC(C)(C)C)sc1C(O)c1ccccc1OC. The van der Waals surface area contributed by atoms with Gasteiger partial charge in [-0.25, -0.2) is 14.6 Å². The molecule has 0 spiro atoms. The van der Waals surface area contributed by atoms with Gasteiger partial charge in [-0.3, -0.25) is 5.32 Å². The molecule has 2 aromatic rings. The van der Waals surface area contributed by atoms with Gasteiger partial charge in [0.25, 0.3) is 0 Å². The van der Waals surface area contributed by atoms with E-state index in [1.807, 2.05) is 0 Å². The van der Waals surface area contributed by atoms with Crippen molar-refractivity contribution in [2.24, 2.45) is 0 Å². The normalized spacial score (nSPS) is 12.2. The second-order valence-electron chi connectivity index (χ2n) is 6.72. The van der Waals surface area contributed by atoms with Crippen molar-refractivity contribution < 1.29 is 28.9 Å². The Morgan fingerprint density at radius 2 is 1.96 bits per heavy atom. The van der Waals surface area contributed by atoms with Crippen molar-refractivity contribution in [1.82, 2.24) is 4.98 Å². The summed E-state index contributed by atoms with van der Waals surface area (Å²) in [5.74, 6) is -0.236. The molecule has 152 valence electrons. The molecule has 0 aliphatic heterocycles. The summed E-state index contributed by atoms with van der Waals surface area (Å²) < 4.78 is 15.5. The first-order valence-corrected chi connectivity index (χ1v) is 9.46. The number of aliphatic hydroxyl groups is 1. The molecule has 0 saturated carbocycles. The number of carbonyl (C=O) groups is 2. The molecule has 0 bridgehead atoms. The Morgan fingerprint density at radius 1 is 1.29 bits per heavy atom. The molecular weight excluding hydrogens is 384 g/mol. The first-order valence-electron chi connectivity index (χ1n) is 8.65. The smallest absolute Gasteiger partial charge is 0.413 e. The second kappa shape index (κ2) is 9.03. The number of benzene rings is 1. The summed E-state index contributed by atoms with van der Waals surface area (Å²) in [6, 6.07) is 6.89. The summed E-state index contributed by atoms with van der Waals surface area (Å²) in [6.45, 7) is 7.01. The largest absolute Gasteiger partial charge is 0.496 e. The molecule has 0 aliphatic rings. The number of thiazole rings is 1. The Hall–Kier alpha value is -2.65. The summed E-state index contributed by atoms with van der Waals surface area (Å²) in [5, 5.41) is 13.5. The number of anilines is 1. The fourth-order valence-corrected chi connectivity index (χ4v) is 3.28. The summed E-state index contributed by atoms with van der Waals surface area (Å²) in [6.07, 6.45) is -1.91. The fourth-order valence-electron chi connectivity index (χ4n) is 2.34. The third-order valence-electron chi connectivity index (χ3n) is 3.41. The number of para-hydroxylation sites is 1. The van der Waals surface area contributed by atoms with Crippen molar-refractivity contribution >= 4 is 28.5 Å². The number of methoxy groups -OCH3 is 1. The maximum Gasteiger partial charge on any atom is 0.413 e. The number of hydrogen-bond acceptors (Lipinski definition) is 8. The number of nitrogens with one attached hydrogen (secondary N) is 1. The van der Waals surface area contributed by atoms with Gasteiger partial charge in [0.2, 0.25) is 0 Å². The van der Waals surface area contributed by atoms with E-state index < -0.39 is 23.8 Å². The molecule has 8 nitrogen and oxygen atoms in total. The Morgan fingerprint density at radius 3 is 2.57 bits per heavy atom. The predicted octanol–water partition coefficient (Wildman–Crippen LogP) is 3.76. The van der Waals surface area contributed by atoms with Gasteiger partial charge < -0.3 is 19.3 Å². The number of carbonyl (C=O) groups excluding carboxylic acids is 2. The standard InChI is InChI=1S/C19H24N2O6S/c1-6-26-16(23)13-15(14(22)11-9-7-8-10-12(11)25-5)28-17(20-13)21-18(24)27-19(2,3)4/h7-10,14,22H,6H2,1-5H3,(H,20,21,24). The molecular formula is C19H24N2O6S. The lowest BCUT2D eigenvalue weighted by Gasteiger charge is -2.18. The van der Waals surface area contributed by atoms with Crippen molar-refractivity contribution in [1.29, 1.82) is 0 Å². The molecule has 1 unspecified atom stereocenters. The number of ether oxygens (including phenoxy) is 3. The van der Waals surface area contributed by atoms with Crippen molar-refractivity contribution in [3.05, 3.63) is 40.4 Å². The number of hydrogen-bond donors (Lipinski definition) is 2. The van der Waals surface area contributed by atoms with Crippen LogP contribution in [-0.4, -0.2) is 41.5 Å². The van der Waals surface area contributed by atoms with Crippen LogP contribution in [0.25, 0.3) is 0 Å². The minimum atomic E-state index is -1.19. The van der Waals surface area contributed by atoms with E-state index in [0.717, 1.165) is 11.3 Å². The lowest BCUT2D eigenvalue weighted by molar-refractivity contribution is 0.0513. The first-order chi connectivity index (χ1) is 13.2. The monoisotopic (exact) mass is 408 g/mol. The molecule has 2 N–H and O–H groups in total. The summed E-state index contributed by atoms with van der Waals surface area (Å²) in [7, 11) is 1.49. The molecule has 1 atom stereocenters. The summed E-state index contributed by atoms with van der Waals surface area (Å²) in [4.78, 5) is 28.7. The van der Waals surface area contributed by atoms with Gasteiger partial charge >= 0.3 is 12.1 Å². The zero-order valence-corrected chi connectivity index (χ0v) is 17.3. The van der Waals surface area contributed by atoms with Crippen LogP contribution in [0, 0.1) is 0 Å². The van der Waals surface area contributed by atoms with Crippen LogP contribution < -0.4 is 10.1 Å². The maximum absolute atomic E-state index is 12.3. The van der Waals surface area contributed by atoms with Crippen LogP contribution in [0.2, 0.25) is 0 Å². The second-order valence-corrected chi connectivity index (χ2v) is 7.75. The zero-order chi connectivity index (χ0) is 20.9. The molecule has 0 radical (unpaired) electrons. The van der Waals surface area contributed by atoms with Crippen LogP contribution in [0.3, 0.4) is 0 Å². The van der Waals surface area contributed by atoms with Crippen molar-refractivity contribution in [3.8, 4) is 5.75 Å². The van der Waals surface area contributed by atoms with Crippen LogP contribution in [-0.2, 0) is 9.47 Å². The molecule has 1 amide bonds. The van der Waals surface area contributed by atoms with E-state index in [1.165, 1.54) is 7.11 Å². The Balaban J connectivity index is 2.39. The minimum Gasteiger partial charge on any atom is -0.496 e. The molecule has 0 fully saturated rings. The van der Waals surface area contributed by atoms with Crippen LogP contribution >= 0.6 is 11.3 Å². The number of rotatable bonds is 6. The van der Waals surface area contributed by atoms with E-state index in [9.17, 15) is 14.7 Å². The lowest BCUT2D eigenvalue weighted by atomic mass is 10.1. The van der Waals surface area contributed by atoms with E-state index in [4.69, 9.17) is 14.2 Å². The highest BCUT2D eigenvalue weighted by atomic mass is 32.1. The molecule has 0 saturated heterocycles. The quantitative estimate of drug-likeness (QED) is 0.701. The van der Waals surface area contributed by atoms with Crippen molar-refractivity contribution in [2.45, 2.75) is 39.4 Å². The van der Waals surface area contributed by atoms with Gasteiger partial charge in [0.1, 0.15) is 17.5 Å². The van der Waals surface area contributed by atoms with Gasteiger partial charge in [-0.2, -0.15) is 0 Å². The van der Waals surface area contributed by atoms with E-state index in [1.54, 1.807) is 52.0 Å². The Kier molecular flexibility index (Phi) is 6.98. The lowest BCUT2D eigenvalue weighted by Crippen LogP contribution is -2.27. The highest BCUT2D eigenvalue weighted by molar-refractivity contribution is 7.16. The topological polar surface area (TPSA) is 107 Å². The molecule has 0 aliphatic carbocycles. The van der Waals surface area contributed by atoms with Gasteiger partial charge in [0, 0.05) is 5.56 Å². The average Bonchev–Trinajstić information content (AvgIpc) is 3.03. The third-order valence-corrected chi connectivity index (χ3v) is 4.44. The van der Waals surface area contributed by atoms with E-state index in [0.29, 0.717) is 11.3 Å². The van der Waals surface area contributed by atoms with Gasteiger partial charge in [0.05, 0.1) is 18.6 Å². The Bertz CT molecular complexity index is 843. The van der Waals surface area contributed by atoms with Crippen LogP contribution in [0.15, 0.2) is 24.3 Å². The van der Waals surface area contributed by atoms with Gasteiger partial charge in [-0.05, 0) is 33.8 Å². The highest BCUT2D eigenvalue weighted by Crippen LogP contribution is 2.37. The number of esters is 1. The van der Waals surface area contributed by atoms with Crippen LogP contribution in [0.5, 0.6) is 5.75 Å². The number of nitrogens with zero attached hydrogens (tertiary/aromatic N) is 1. The first kappa shape index (κ1) is 21.6. The van der Waals surface area contributed by atoms with Gasteiger partial charge in [-0.1, -0.05) is 29.5 Å². The number of amides is 1. The molecule has 1 aromatic heterocycles. The third kappa shape index (κ3) is 5.43. The van der Waals surface area contributed by atoms with Gasteiger partial charge in [0.15, 0.2) is 10.8 Å². The minimum absolute atomic E-state index is 0.0729. The molecule has 1 heterocycles. The van der Waals surface area contributed by atoms with Crippen molar-refractivity contribution in [3.63, 3.8) is 0 Å². The van der Waals surface area contributed by atoms with Crippen LogP contribution in [0.4, 0.5) is 9.93 Å². The van der Waals surface area contributed by atoms with E-state index in [-0.39, 0.29) is 22.3 Å². The van der Waals surface area contributed by atoms with E-state index >= 15 is 0 Å². The molecule has 9 heteroatoms. The molecule has 2 rings (SSSR count). The fraction of sp³-hybridized carbons (Fsp3) is 0.421. The summed E-state index contributed by atoms with van der Waals surface area (Å²) in [5.41, 5.74) is -0.301. The highest BCUT2D eigenvalue weighted by Gasteiger charge is 2.28. The van der Waals surface area contributed by atoms with Crippen molar-refractivity contribution in [2.75, 3.05) is 19.0 Å². The van der Waals surface area contributed by atoms with E-state index in [2.05, 4.69) is 10.3 Å². The Labute approximate surface area is 167 Å². The average molecular weight is 408 g/mol. The molecule has 1 aromatic carbocycles. The predicted molar refractivity (Wildman–Crippen MR) is 105 cm³/mol.